The van der Waals surface area contributed by atoms with Crippen LogP contribution in [0.25, 0.3) is 11.1 Å². The highest BCUT2D eigenvalue weighted by Crippen LogP contribution is 2.21. The molecule has 0 bridgehead atoms. The smallest absolute Gasteiger partial charge is 0.407 e. The highest BCUT2D eigenvalue weighted by Gasteiger charge is 2.31. The molecule has 0 saturated carbocycles. The highest BCUT2D eigenvalue weighted by molar-refractivity contribution is 5.99. The number of carbonyl (C=O) groups is 8. The number of amides is 6. The standard InChI is InChI=1S/C53H74N6O12/c1-8-9-16-37-21-23-39(24-22-37)40-25-27-41(28-26-40)47(62)57-42(19-13-14-31-54-51(67)70-34-38-17-11-10-12-18-38)49(64)58-43(29-30-45(60)69-33-35(2)3)48(63)56-36(4)46(61)59-44(50(65)66)20-15-32-55-52(68)71-53(5,6)7/h10-12,17-18,21-28,35-36,42-44H,8-9,13-16,19-20,29-34H2,1-7H3,(H,54,67)(H,55,68)(H,56,63)(H,57,62)(H,58,64)(H,59,61)(H,65,66). The number of ether oxygens (including phenoxy) is 3. The molecule has 0 aliphatic rings. The monoisotopic (exact) mass is 987 g/mol. The van der Waals surface area contributed by atoms with E-state index in [1.54, 1.807) is 32.9 Å². The first-order valence-corrected chi connectivity index (χ1v) is 24.5. The lowest BCUT2D eigenvalue weighted by Crippen LogP contribution is -2.57. The third-order valence-electron chi connectivity index (χ3n) is 10.8. The average molecular weight is 987 g/mol. The van der Waals surface area contributed by atoms with Gasteiger partial charge in [-0.1, -0.05) is 93.9 Å². The van der Waals surface area contributed by atoms with Gasteiger partial charge in [0.15, 0.2) is 0 Å². The van der Waals surface area contributed by atoms with E-state index in [4.69, 9.17) is 14.2 Å². The zero-order chi connectivity index (χ0) is 52.3. The van der Waals surface area contributed by atoms with Gasteiger partial charge >= 0.3 is 24.1 Å². The molecule has 3 rings (SSSR count). The van der Waals surface area contributed by atoms with E-state index in [2.05, 4.69) is 51.0 Å². The fourth-order valence-electron chi connectivity index (χ4n) is 6.89. The molecule has 3 aromatic rings. The third-order valence-corrected chi connectivity index (χ3v) is 10.8. The maximum atomic E-state index is 14.2. The van der Waals surface area contributed by atoms with Crippen LogP contribution in [0.3, 0.4) is 0 Å². The Labute approximate surface area is 417 Å². The summed E-state index contributed by atoms with van der Waals surface area (Å²) in [5, 5.41) is 25.4. The van der Waals surface area contributed by atoms with Gasteiger partial charge < -0.3 is 51.2 Å². The van der Waals surface area contributed by atoms with E-state index >= 15 is 0 Å². The maximum absolute atomic E-state index is 14.2. The van der Waals surface area contributed by atoms with Crippen molar-refractivity contribution in [1.29, 1.82) is 0 Å². The molecule has 71 heavy (non-hydrogen) atoms. The summed E-state index contributed by atoms with van der Waals surface area (Å²) in [4.78, 5) is 104. The van der Waals surface area contributed by atoms with Crippen LogP contribution in [0.15, 0.2) is 78.9 Å². The second-order valence-electron chi connectivity index (χ2n) is 18.8. The number of benzene rings is 3. The molecule has 0 heterocycles. The highest BCUT2D eigenvalue weighted by atomic mass is 16.6. The lowest BCUT2D eigenvalue weighted by atomic mass is 10.0. The van der Waals surface area contributed by atoms with E-state index < -0.39 is 77.5 Å². The molecule has 4 unspecified atom stereocenters. The van der Waals surface area contributed by atoms with Crippen molar-refractivity contribution in [3.8, 4) is 11.1 Å². The first kappa shape index (κ1) is 58.3. The summed E-state index contributed by atoms with van der Waals surface area (Å²) in [6.07, 6.45) is 2.26. The van der Waals surface area contributed by atoms with E-state index in [1.165, 1.54) is 12.5 Å². The summed E-state index contributed by atoms with van der Waals surface area (Å²) in [6, 6.07) is 19.1. The molecule has 0 aliphatic heterocycles. The summed E-state index contributed by atoms with van der Waals surface area (Å²) in [5.74, 6) is -4.95. The molecular formula is C53H74N6O12. The number of carboxylic acids is 1. The Balaban J connectivity index is 1.75. The van der Waals surface area contributed by atoms with Crippen molar-refractivity contribution >= 4 is 47.8 Å². The van der Waals surface area contributed by atoms with Crippen molar-refractivity contribution in [3.05, 3.63) is 95.6 Å². The summed E-state index contributed by atoms with van der Waals surface area (Å²) in [6.45, 7) is 12.8. The molecule has 0 aromatic heterocycles. The number of rotatable bonds is 29. The van der Waals surface area contributed by atoms with Crippen molar-refractivity contribution in [2.45, 2.75) is 149 Å². The van der Waals surface area contributed by atoms with E-state index in [0.29, 0.717) is 12.8 Å². The molecule has 0 saturated heterocycles. The quantitative estimate of drug-likeness (QED) is 0.0217. The normalized spacial score (nSPS) is 12.8. The van der Waals surface area contributed by atoms with Crippen molar-refractivity contribution < 1.29 is 57.7 Å². The number of unbranched alkanes of at least 4 members (excludes halogenated alkanes) is 2. The minimum Gasteiger partial charge on any atom is -0.480 e. The molecule has 18 nitrogen and oxygen atoms in total. The summed E-state index contributed by atoms with van der Waals surface area (Å²) in [7, 11) is 0. The first-order chi connectivity index (χ1) is 33.7. The van der Waals surface area contributed by atoms with Gasteiger partial charge in [-0.05, 0) is 119 Å². The van der Waals surface area contributed by atoms with E-state index in [0.717, 1.165) is 36.0 Å². The summed E-state index contributed by atoms with van der Waals surface area (Å²) < 4.78 is 15.8. The molecule has 0 fully saturated rings. The number of carbonyl (C=O) groups excluding carboxylic acids is 7. The van der Waals surface area contributed by atoms with E-state index in [1.807, 2.05) is 68.4 Å². The number of esters is 1. The van der Waals surface area contributed by atoms with Gasteiger partial charge in [-0.3, -0.25) is 24.0 Å². The fourth-order valence-corrected chi connectivity index (χ4v) is 6.89. The molecule has 0 aliphatic carbocycles. The number of alkyl carbamates (subject to hydrolysis) is 2. The van der Waals surface area contributed by atoms with Crippen molar-refractivity contribution in [3.63, 3.8) is 0 Å². The lowest BCUT2D eigenvalue weighted by molar-refractivity contribution is -0.145. The summed E-state index contributed by atoms with van der Waals surface area (Å²) in [5.41, 5.74) is 3.47. The van der Waals surface area contributed by atoms with Crippen LogP contribution >= 0.6 is 0 Å². The maximum Gasteiger partial charge on any atom is 0.407 e. The summed E-state index contributed by atoms with van der Waals surface area (Å²) >= 11 is 0. The Morgan fingerprint density at radius 3 is 1.79 bits per heavy atom. The van der Waals surface area contributed by atoms with Gasteiger partial charge in [0, 0.05) is 25.1 Å². The van der Waals surface area contributed by atoms with E-state index in [-0.39, 0.29) is 69.9 Å². The number of aryl methyl sites for hydroxylation is 1. The van der Waals surface area contributed by atoms with Crippen LogP contribution < -0.4 is 31.9 Å². The Bertz CT molecular complexity index is 2180. The minimum absolute atomic E-state index is 0.0329. The predicted octanol–water partition coefficient (Wildman–Crippen LogP) is 6.73. The number of carboxylic acid groups (broad SMARTS) is 1. The number of hydrogen-bond donors (Lipinski definition) is 7. The van der Waals surface area contributed by atoms with Crippen molar-refractivity contribution in [2.24, 2.45) is 5.92 Å². The molecule has 18 heteroatoms. The van der Waals surface area contributed by atoms with Crippen molar-refractivity contribution in [1.82, 2.24) is 31.9 Å². The number of nitrogens with one attached hydrogen (secondary N) is 6. The largest absolute Gasteiger partial charge is 0.480 e. The van der Waals surface area contributed by atoms with Gasteiger partial charge in [-0.2, -0.15) is 0 Å². The number of hydrogen-bond acceptors (Lipinski definition) is 11. The molecular weight excluding hydrogens is 913 g/mol. The Kier molecular flexibility index (Phi) is 25.1. The molecule has 4 atom stereocenters. The molecule has 3 aromatic carbocycles. The molecule has 0 spiro atoms. The Morgan fingerprint density at radius 1 is 0.592 bits per heavy atom. The third kappa shape index (κ3) is 23.5. The van der Waals surface area contributed by atoms with Gasteiger partial charge in [-0.25, -0.2) is 14.4 Å². The molecule has 7 N–H and O–H groups in total. The van der Waals surface area contributed by atoms with Gasteiger partial charge in [0.25, 0.3) is 5.91 Å². The SMILES string of the molecule is CCCCc1ccc(-c2ccc(C(=O)NC(CCCCNC(=O)OCc3ccccc3)C(=O)NC(CCC(=O)OCC(C)C)C(=O)NC(C)C(=O)NC(CCCNC(=O)OC(C)(C)C)C(=O)O)cc2)cc1. The molecule has 0 radical (unpaired) electrons. The molecule has 388 valence electrons. The van der Waals surface area contributed by atoms with Crippen LogP contribution in [0.4, 0.5) is 9.59 Å². The number of aliphatic carboxylic acids is 1. The Morgan fingerprint density at radius 2 is 1.17 bits per heavy atom. The Hall–Kier alpha value is -6.98. The minimum atomic E-state index is -1.41. The fraction of sp³-hybridized carbons (Fsp3) is 0.509. The van der Waals surface area contributed by atoms with Crippen LogP contribution in [0.5, 0.6) is 0 Å². The van der Waals surface area contributed by atoms with Crippen LogP contribution in [-0.2, 0) is 51.2 Å². The van der Waals surface area contributed by atoms with Crippen LogP contribution in [0.2, 0.25) is 0 Å². The van der Waals surface area contributed by atoms with E-state index in [9.17, 15) is 43.5 Å². The predicted molar refractivity (Wildman–Crippen MR) is 268 cm³/mol. The lowest BCUT2D eigenvalue weighted by Gasteiger charge is -2.25. The van der Waals surface area contributed by atoms with Gasteiger partial charge in [0.1, 0.15) is 36.4 Å². The van der Waals surface area contributed by atoms with Crippen LogP contribution in [0, 0.1) is 5.92 Å². The average Bonchev–Trinajstić information content (AvgIpc) is 3.33. The van der Waals surface area contributed by atoms with Gasteiger partial charge in [0.05, 0.1) is 6.61 Å². The topological polar surface area (TPSA) is 257 Å². The van der Waals surface area contributed by atoms with Crippen LogP contribution in [0.1, 0.15) is 128 Å². The molecule has 6 amide bonds. The second-order valence-corrected chi connectivity index (χ2v) is 18.8. The zero-order valence-corrected chi connectivity index (χ0v) is 42.2. The van der Waals surface area contributed by atoms with Gasteiger partial charge in [0.2, 0.25) is 17.7 Å². The van der Waals surface area contributed by atoms with Crippen LogP contribution in [-0.4, -0.2) is 102 Å². The zero-order valence-electron chi connectivity index (χ0n) is 42.2. The van der Waals surface area contributed by atoms with Gasteiger partial charge in [-0.15, -0.1) is 0 Å². The first-order valence-electron chi connectivity index (χ1n) is 24.5. The van der Waals surface area contributed by atoms with Crippen molar-refractivity contribution in [2.75, 3.05) is 19.7 Å². The second kappa shape index (κ2) is 30.6.